The molecule has 2 aromatic rings. The number of piperidine rings is 1. The molecule has 0 atom stereocenters. The quantitative estimate of drug-likeness (QED) is 0.800. The van der Waals surface area contributed by atoms with Gasteiger partial charge in [0, 0.05) is 25.3 Å². The molecule has 0 unspecified atom stereocenters. The fourth-order valence-corrected chi connectivity index (χ4v) is 4.18. The Morgan fingerprint density at radius 3 is 2.44 bits per heavy atom. The number of carbonyl (C=O) groups is 2. The van der Waals surface area contributed by atoms with Crippen LogP contribution in [0.5, 0.6) is 0 Å². The van der Waals surface area contributed by atoms with Crippen LogP contribution >= 0.6 is 11.3 Å². The van der Waals surface area contributed by atoms with E-state index in [1.54, 1.807) is 0 Å². The minimum atomic E-state index is -0.0289. The number of benzene rings is 1. The number of rotatable bonds is 5. The summed E-state index contributed by atoms with van der Waals surface area (Å²) in [7, 11) is 0. The van der Waals surface area contributed by atoms with Crippen molar-refractivity contribution in [3.05, 3.63) is 51.7 Å². The number of nitrogens with one attached hydrogen (secondary N) is 2. The SMILES string of the molecule is Cc1ccc(NC(=O)N2CCC(CCNC(=O)c3sccc3C)CC2)cc1. The topological polar surface area (TPSA) is 61.4 Å². The Morgan fingerprint density at radius 1 is 1.11 bits per heavy atom. The number of likely N-dealkylation sites (tertiary alicyclic amines) is 1. The smallest absolute Gasteiger partial charge is 0.321 e. The summed E-state index contributed by atoms with van der Waals surface area (Å²) >= 11 is 1.49. The average molecular weight is 386 g/mol. The standard InChI is InChI=1S/C21H27N3O2S/c1-15-3-5-18(6-4-15)23-21(26)24-12-8-17(9-13-24)7-11-22-20(25)19-16(2)10-14-27-19/h3-6,10,14,17H,7-9,11-13H2,1-2H3,(H,22,25)(H,23,26). The van der Waals surface area contributed by atoms with Crippen LogP contribution in [-0.2, 0) is 0 Å². The molecule has 1 aromatic carbocycles. The van der Waals surface area contributed by atoms with Crippen molar-refractivity contribution >= 4 is 29.0 Å². The van der Waals surface area contributed by atoms with Crippen molar-refractivity contribution in [3.8, 4) is 0 Å². The van der Waals surface area contributed by atoms with Crippen LogP contribution in [0.3, 0.4) is 0 Å². The third-order valence-corrected chi connectivity index (χ3v) is 6.13. The first-order chi connectivity index (χ1) is 13.0. The fourth-order valence-electron chi connectivity index (χ4n) is 3.34. The lowest BCUT2D eigenvalue weighted by Gasteiger charge is -2.32. The van der Waals surface area contributed by atoms with Crippen molar-refractivity contribution in [2.24, 2.45) is 5.92 Å². The highest BCUT2D eigenvalue weighted by Crippen LogP contribution is 2.21. The second-order valence-corrected chi connectivity index (χ2v) is 8.12. The van der Waals surface area contributed by atoms with Crippen molar-refractivity contribution in [1.29, 1.82) is 0 Å². The van der Waals surface area contributed by atoms with Crippen LogP contribution in [0.4, 0.5) is 10.5 Å². The summed E-state index contributed by atoms with van der Waals surface area (Å²) < 4.78 is 0. The van der Waals surface area contributed by atoms with Crippen molar-refractivity contribution in [3.63, 3.8) is 0 Å². The van der Waals surface area contributed by atoms with Crippen molar-refractivity contribution < 1.29 is 9.59 Å². The molecule has 144 valence electrons. The molecule has 1 saturated heterocycles. The molecule has 1 aliphatic heterocycles. The molecule has 2 heterocycles. The van der Waals surface area contributed by atoms with Gasteiger partial charge in [-0.3, -0.25) is 4.79 Å². The predicted molar refractivity (Wildman–Crippen MR) is 111 cm³/mol. The molecule has 1 fully saturated rings. The van der Waals surface area contributed by atoms with Crippen LogP contribution in [0.15, 0.2) is 35.7 Å². The Kier molecular flexibility index (Phi) is 6.50. The number of hydrogen-bond donors (Lipinski definition) is 2. The number of urea groups is 1. The first-order valence-electron chi connectivity index (χ1n) is 9.48. The number of aryl methyl sites for hydroxylation is 2. The molecule has 0 bridgehead atoms. The zero-order valence-corrected chi connectivity index (χ0v) is 16.8. The van der Waals surface area contributed by atoms with Gasteiger partial charge in [-0.1, -0.05) is 17.7 Å². The van der Waals surface area contributed by atoms with E-state index in [1.165, 1.54) is 16.9 Å². The third kappa shape index (κ3) is 5.32. The maximum atomic E-state index is 12.4. The lowest BCUT2D eigenvalue weighted by atomic mass is 9.93. The molecular weight excluding hydrogens is 358 g/mol. The molecule has 3 rings (SSSR count). The van der Waals surface area contributed by atoms with Crippen molar-refractivity contribution in [2.45, 2.75) is 33.1 Å². The summed E-state index contributed by atoms with van der Waals surface area (Å²) in [6.45, 7) is 6.21. The third-order valence-electron chi connectivity index (χ3n) is 5.11. The van der Waals surface area contributed by atoms with Gasteiger partial charge in [-0.15, -0.1) is 11.3 Å². The minimum absolute atomic E-state index is 0.0254. The van der Waals surface area contributed by atoms with E-state index in [-0.39, 0.29) is 11.9 Å². The van der Waals surface area contributed by atoms with E-state index in [0.717, 1.165) is 48.5 Å². The Bertz CT molecular complexity index is 777. The van der Waals surface area contributed by atoms with E-state index < -0.39 is 0 Å². The van der Waals surface area contributed by atoms with Crippen LogP contribution in [0.2, 0.25) is 0 Å². The second kappa shape index (κ2) is 9.04. The minimum Gasteiger partial charge on any atom is -0.351 e. The molecule has 2 N–H and O–H groups in total. The number of thiophene rings is 1. The number of carbonyl (C=O) groups excluding carboxylic acids is 2. The van der Waals surface area contributed by atoms with Gasteiger partial charge in [0.2, 0.25) is 0 Å². The van der Waals surface area contributed by atoms with Crippen LogP contribution < -0.4 is 10.6 Å². The highest BCUT2D eigenvalue weighted by Gasteiger charge is 2.23. The van der Waals surface area contributed by atoms with Gasteiger partial charge in [0.1, 0.15) is 0 Å². The van der Waals surface area contributed by atoms with Gasteiger partial charge < -0.3 is 15.5 Å². The zero-order chi connectivity index (χ0) is 19.2. The van der Waals surface area contributed by atoms with Crippen LogP contribution in [0.25, 0.3) is 0 Å². The summed E-state index contributed by atoms with van der Waals surface area (Å²) in [5.41, 5.74) is 3.04. The zero-order valence-electron chi connectivity index (χ0n) is 16.0. The van der Waals surface area contributed by atoms with Gasteiger partial charge >= 0.3 is 6.03 Å². The molecule has 3 amide bonds. The van der Waals surface area contributed by atoms with Crippen molar-refractivity contribution in [2.75, 3.05) is 25.0 Å². The van der Waals surface area contributed by atoms with Crippen molar-refractivity contribution in [1.82, 2.24) is 10.2 Å². The van der Waals surface area contributed by atoms with Gasteiger partial charge in [0.15, 0.2) is 0 Å². The molecule has 1 aromatic heterocycles. The lowest BCUT2D eigenvalue weighted by Crippen LogP contribution is -2.41. The number of nitrogens with zero attached hydrogens (tertiary/aromatic N) is 1. The molecule has 5 nitrogen and oxygen atoms in total. The van der Waals surface area contributed by atoms with Crippen LogP contribution in [0, 0.1) is 19.8 Å². The van der Waals surface area contributed by atoms with Gasteiger partial charge in [0.25, 0.3) is 5.91 Å². The molecular formula is C21H27N3O2S. The van der Waals surface area contributed by atoms with E-state index in [0.29, 0.717) is 12.5 Å². The predicted octanol–water partition coefficient (Wildman–Crippen LogP) is 4.43. The Balaban J connectivity index is 1.37. The second-order valence-electron chi connectivity index (χ2n) is 7.20. The van der Waals surface area contributed by atoms with Crippen LogP contribution in [-0.4, -0.2) is 36.5 Å². The van der Waals surface area contributed by atoms with Gasteiger partial charge in [-0.05, 0) is 68.2 Å². The van der Waals surface area contributed by atoms with E-state index >= 15 is 0 Å². The Morgan fingerprint density at radius 2 is 1.81 bits per heavy atom. The molecule has 0 aliphatic carbocycles. The highest BCUT2D eigenvalue weighted by atomic mass is 32.1. The summed E-state index contributed by atoms with van der Waals surface area (Å²) in [6, 6.07) is 9.79. The van der Waals surface area contributed by atoms with Gasteiger partial charge in [-0.2, -0.15) is 0 Å². The normalized spacial score (nSPS) is 14.8. The summed E-state index contributed by atoms with van der Waals surface area (Å²) in [5, 5.41) is 7.93. The van der Waals surface area contributed by atoms with Gasteiger partial charge in [0.05, 0.1) is 4.88 Å². The average Bonchev–Trinajstić information content (AvgIpc) is 3.10. The number of anilines is 1. The van der Waals surface area contributed by atoms with E-state index in [2.05, 4.69) is 10.6 Å². The van der Waals surface area contributed by atoms with E-state index in [1.807, 2.05) is 54.5 Å². The number of hydrogen-bond acceptors (Lipinski definition) is 3. The summed E-state index contributed by atoms with van der Waals surface area (Å²) in [4.78, 5) is 27.2. The molecule has 1 aliphatic rings. The van der Waals surface area contributed by atoms with E-state index in [4.69, 9.17) is 0 Å². The molecule has 0 saturated carbocycles. The Hall–Kier alpha value is -2.34. The van der Waals surface area contributed by atoms with Crippen LogP contribution in [0.1, 0.15) is 40.1 Å². The molecule has 27 heavy (non-hydrogen) atoms. The van der Waals surface area contributed by atoms with Gasteiger partial charge in [-0.25, -0.2) is 4.79 Å². The number of amides is 3. The largest absolute Gasteiger partial charge is 0.351 e. The maximum absolute atomic E-state index is 12.4. The summed E-state index contributed by atoms with van der Waals surface area (Å²) in [6.07, 6.45) is 2.92. The van der Waals surface area contributed by atoms with E-state index in [9.17, 15) is 9.59 Å². The monoisotopic (exact) mass is 385 g/mol. The Labute approximate surface area is 164 Å². The molecule has 0 spiro atoms. The molecule has 0 radical (unpaired) electrons. The first kappa shape index (κ1) is 19.4. The fraction of sp³-hybridized carbons (Fsp3) is 0.429. The summed E-state index contributed by atoms with van der Waals surface area (Å²) in [5.74, 6) is 0.579. The maximum Gasteiger partial charge on any atom is 0.321 e. The highest BCUT2D eigenvalue weighted by molar-refractivity contribution is 7.12. The molecule has 6 heteroatoms. The first-order valence-corrected chi connectivity index (χ1v) is 10.4. The lowest BCUT2D eigenvalue weighted by molar-refractivity contribution is 0.0953.